The molecule has 1 aromatic carbocycles. The summed E-state index contributed by atoms with van der Waals surface area (Å²) in [6.07, 6.45) is 3.45. The van der Waals surface area contributed by atoms with E-state index >= 15 is 0 Å². The van der Waals surface area contributed by atoms with Gasteiger partial charge in [0.1, 0.15) is 11.6 Å². The number of aromatic nitrogens is 4. The predicted octanol–water partition coefficient (Wildman–Crippen LogP) is 2.61. The second-order valence-corrected chi connectivity index (χ2v) is 6.64. The maximum absolute atomic E-state index is 13.6. The summed E-state index contributed by atoms with van der Waals surface area (Å²) in [6, 6.07) is 7.39. The highest BCUT2D eigenvalue weighted by Crippen LogP contribution is 2.21. The van der Waals surface area contributed by atoms with E-state index in [-0.39, 0.29) is 30.2 Å². The van der Waals surface area contributed by atoms with E-state index in [1.165, 1.54) is 30.0 Å². The van der Waals surface area contributed by atoms with Crippen molar-refractivity contribution in [1.82, 2.24) is 25.1 Å². The van der Waals surface area contributed by atoms with Gasteiger partial charge >= 0.3 is 0 Å². The van der Waals surface area contributed by atoms with Crippen molar-refractivity contribution in [2.45, 2.75) is 11.6 Å². The zero-order valence-electron chi connectivity index (χ0n) is 14.5. The lowest BCUT2D eigenvalue weighted by atomic mass is 10.1. The molecular weight excluding hydrogens is 372 g/mol. The number of hydrogen-bond acceptors (Lipinski definition) is 5. The molecule has 3 rings (SSSR count). The quantitative estimate of drug-likeness (QED) is 0.629. The second-order valence-electron chi connectivity index (χ2n) is 5.70. The summed E-state index contributed by atoms with van der Waals surface area (Å²) in [5.41, 5.74) is 0.801. The summed E-state index contributed by atoms with van der Waals surface area (Å²) in [5.74, 6) is -0.691. The Kier molecular flexibility index (Phi) is 6.12. The van der Waals surface area contributed by atoms with Gasteiger partial charge in [0.2, 0.25) is 5.91 Å². The molecule has 2 aromatic heterocycles. The van der Waals surface area contributed by atoms with Gasteiger partial charge in [-0.3, -0.25) is 9.78 Å². The molecule has 2 heterocycles. The number of benzene rings is 1. The van der Waals surface area contributed by atoms with Crippen LogP contribution >= 0.6 is 11.8 Å². The summed E-state index contributed by atoms with van der Waals surface area (Å²) >= 11 is 1.23. The van der Waals surface area contributed by atoms with Crippen LogP contribution in [-0.4, -0.2) is 38.0 Å². The van der Waals surface area contributed by atoms with Crippen molar-refractivity contribution >= 4 is 17.7 Å². The van der Waals surface area contributed by atoms with E-state index in [1.807, 2.05) is 19.2 Å². The van der Waals surface area contributed by atoms with E-state index in [0.29, 0.717) is 11.0 Å². The SMILES string of the molecule is Cn1c(SCC(=O)NCCc2c(F)cccc2F)nnc1-c1cccnc1. The first-order chi connectivity index (χ1) is 13.1. The minimum absolute atomic E-state index is 0.0279. The topological polar surface area (TPSA) is 72.7 Å². The molecule has 0 saturated carbocycles. The fourth-order valence-corrected chi connectivity index (χ4v) is 3.21. The standard InChI is InChI=1S/C18H17F2N5OS/c1-25-17(12-4-3-8-21-10-12)23-24-18(25)27-11-16(26)22-9-7-13-14(19)5-2-6-15(13)20/h2-6,8,10H,7,9,11H2,1H3,(H,22,26). The Bertz CT molecular complexity index is 913. The molecule has 0 bridgehead atoms. The molecule has 0 aliphatic rings. The average Bonchev–Trinajstić information content (AvgIpc) is 3.04. The number of rotatable bonds is 7. The van der Waals surface area contributed by atoms with Gasteiger partial charge in [-0.2, -0.15) is 0 Å². The molecule has 0 spiro atoms. The summed E-state index contributed by atoms with van der Waals surface area (Å²) in [7, 11) is 1.81. The summed E-state index contributed by atoms with van der Waals surface area (Å²) in [6.45, 7) is 0.150. The molecule has 140 valence electrons. The van der Waals surface area contributed by atoms with Gasteiger partial charge in [0, 0.05) is 37.1 Å². The van der Waals surface area contributed by atoms with Crippen LogP contribution in [0.15, 0.2) is 47.9 Å². The van der Waals surface area contributed by atoms with E-state index in [9.17, 15) is 13.6 Å². The Balaban J connectivity index is 1.51. The van der Waals surface area contributed by atoms with Gasteiger partial charge in [0.25, 0.3) is 0 Å². The van der Waals surface area contributed by atoms with Gasteiger partial charge in [0.15, 0.2) is 11.0 Å². The van der Waals surface area contributed by atoms with E-state index in [4.69, 9.17) is 0 Å². The molecule has 0 radical (unpaired) electrons. The van der Waals surface area contributed by atoms with Crippen LogP contribution in [0, 0.1) is 11.6 Å². The zero-order chi connectivity index (χ0) is 19.2. The Morgan fingerprint density at radius 2 is 1.96 bits per heavy atom. The zero-order valence-corrected chi connectivity index (χ0v) is 15.3. The number of halogens is 2. The first-order valence-corrected chi connectivity index (χ1v) is 9.17. The van der Waals surface area contributed by atoms with Gasteiger partial charge in [-0.15, -0.1) is 10.2 Å². The summed E-state index contributed by atoms with van der Waals surface area (Å²) in [5, 5.41) is 11.4. The third-order valence-corrected chi connectivity index (χ3v) is 4.87. The molecular formula is C18H17F2N5OS. The third kappa shape index (κ3) is 4.68. The minimum Gasteiger partial charge on any atom is -0.355 e. The fourth-order valence-electron chi connectivity index (χ4n) is 2.47. The van der Waals surface area contributed by atoms with Crippen molar-refractivity contribution in [3.63, 3.8) is 0 Å². The van der Waals surface area contributed by atoms with Crippen LogP contribution in [0.1, 0.15) is 5.56 Å². The molecule has 1 amide bonds. The van der Waals surface area contributed by atoms with Crippen LogP contribution in [0.25, 0.3) is 11.4 Å². The summed E-state index contributed by atoms with van der Waals surface area (Å²) in [4.78, 5) is 16.0. The fraction of sp³-hybridized carbons (Fsp3) is 0.222. The van der Waals surface area contributed by atoms with Crippen LogP contribution < -0.4 is 5.32 Å². The Labute approximate surface area is 159 Å². The van der Waals surface area contributed by atoms with Gasteiger partial charge in [-0.1, -0.05) is 17.8 Å². The van der Waals surface area contributed by atoms with E-state index in [2.05, 4.69) is 20.5 Å². The minimum atomic E-state index is -0.611. The first kappa shape index (κ1) is 19.0. The smallest absolute Gasteiger partial charge is 0.230 e. The highest BCUT2D eigenvalue weighted by atomic mass is 32.2. The number of thioether (sulfide) groups is 1. The maximum atomic E-state index is 13.6. The normalized spacial score (nSPS) is 10.8. The van der Waals surface area contributed by atoms with Crippen molar-refractivity contribution in [2.24, 2.45) is 7.05 Å². The van der Waals surface area contributed by atoms with Crippen molar-refractivity contribution in [2.75, 3.05) is 12.3 Å². The van der Waals surface area contributed by atoms with Crippen molar-refractivity contribution in [1.29, 1.82) is 0 Å². The molecule has 0 unspecified atom stereocenters. The molecule has 3 aromatic rings. The number of nitrogens with zero attached hydrogens (tertiary/aromatic N) is 4. The Hall–Kier alpha value is -2.81. The van der Waals surface area contributed by atoms with Crippen LogP contribution in [0.2, 0.25) is 0 Å². The molecule has 0 saturated heterocycles. The number of pyridine rings is 1. The van der Waals surface area contributed by atoms with Gasteiger partial charge < -0.3 is 9.88 Å². The van der Waals surface area contributed by atoms with Crippen molar-refractivity contribution in [3.8, 4) is 11.4 Å². The van der Waals surface area contributed by atoms with E-state index < -0.39 is 11.6 Å². The number of amides is 1. The molecule has 0 aliphatic heterocycles. The molecule has 6 nitrogen and oxygen atoms in total. The van der Waals surface area contributed by atoms with Crippen molar-refractivity contribution < 1.29 is 13.6 Å². The van der Waals surface area contributed by atoms with Crippen LogP contribution in [-0.2, 0) is 18.3 Å². The first-order valence-electron chi connectivity index (χ1n) is 8.18. The Morgan fingerprint density at radius 1 is 1.19 bits per heavy atom. The lowest BCUT2D eigenvalue weighted by molar-refractivity contribution is -0.118. The molecule has 9 heteroatoms. The number of nitrogens with one attached hydrogen (secondary N) is 1. The highest BCUT2D eigenvalue weighted by molar-refractivity contribution is 7.99. The summed E-state index contributed by atoms with van der Waals surface area (Å²) < 4.78 is 28.9. The van der Waals surface area contributed by atoms with Gasteiger partial charge in [-0.25, -0.2) is 8.78 Å². The lowest BCUT2D eigenvalue weighted by Crippen LogP contribution is -2.27. The highest BCUT2D eigenvalue weighted by Gasteiger charge is 2.13. The van der Waals surface area contributed by atoms with Crippen LogP contribution in [0.4, 0.5) is 8.78 Å². The number of carbonyl (C=O) groups excluding carboxylic acids is 1. The number of hydrogen-bond donors (Lipinski definition) is 1. The van der Waals surface area contributed by atoms with E-state index in [1.54, 1.807) is 17.0 Å². The Morgan fingerprint density at radius 3 is 2.67 bits per heavy atom. The largest absolute Gasteiger partial charge is 0.355 e. The maximum Gasteiger partial charge on any atom is 0.230 e. The second kappa shape index (κ2) is 8.72. The third-order valence-electron chi connectivity index (χ3n) is 3.85. The van der Waals surface area contributed by atoms with Crippen molar-refractivity contribution in [3.05, 3.63) is 59.9 Å². The van der Waals surface area contributed by atoms with Crippen LogP contribution in [0.3, 0.4) is 0 Å². The molecule has 1 N–H and O–H groups in total. The average molecular weight is 389 g/mol. The molecule has 0 aliphatic carbocycles. The van der Waals surface area contributed by atoms with Gasteiger partial charge in [-0.05, 0) is 30.7 Å². The molecule has 27 heavy (non-hydrogen) atoms. The van der Waals surface area contributed by atoms with E-state index in [0.717, 1.165) is 5.56 Å². The van der Waals surface area contributed by atoms with Crippen LogP contribution in [0.5, 0.6) is 0 Å². The predicted molar refractivity (Wildman–Crippen MR) is 98.0 cm³/mol. The lowest BCUT2D eigenvalue weighted by Gasteiger charge is -2.07. The number of carbonyl (C=O) groups is 1. The molecule has 0 fully saturated rings. The van der Waals surface area contributed by atoms with Gasteiger partial charge in [0.05, 0.1) is 5.75 Å². The monoisotopic (exact) mass is 389 g/mol. The molecule has 0 atom stereocenters.